The number of amides is 1. The number of carbonyl (C=O) groups is 2. The Morgan fingerprint density at radius 3 is 2.08 bits per heavy atom. The minimum atomic E-state index is -0.773. The lowest BCUT2D eigenvalue weighted by Gasteiger charge is -2.30. The van der Waals surface area contributed by atoms with Crippen LogP contribution in [0.25, 0.3) is 0 Å². The Kier molecular flexibility index (Phi) is 5.68. The number of hydrogen-bond acceptors (Lipinski definition) is 4. The van der Waals surface area contributed by atoms with Crippen molar-refractivity contribution in [1.82, 2.24) is 4.90 Å². The zero-order valence-corrected chi connectivity index (χ0v) is 14.9. The van der Waals surface area contributed by atoms with Crippen LogP contribution in [0, 0.1) is 0 Å². The van der Waals surface area contributed by atoms with Gasteiger partial charge < -0.3 is 15.4 Å². The van der Waals surface area contributed by atoms with Gasteiger partial charge >= 0.3 is 5.97 Å². The molecule has 136 valence electrons. The molecular weight excluding hydrogens is 328 g/mol. The van der Waals surface area contributed by atoms with Crippen LogP contribution in [0.5, 0.6) is 0 Å². The quantitative estimate of drug-likeness (QED) is 0.838. The van der Waals surface area contributed by atoms with Gasteiger partial charge in [-0.25, -0.2) is 4.79 Å². The standard InChI is InChI=1S/C21H24N2O3/c1-26-21(25)17-13-8-14-23(17)20(24)19(22)18(15-9-4-2-5-10-15)16-11-6-3-7-12-16/h2-7,9-12,17-19H,8,13-14,22H2,1H3/t17-,19+/m0/s1. The van der Waals surface area contributed by atoms with Gasteiger partial charge in [-0.3, -0.25) is 4.79 Å². The molecule has 5 heteroatoms. The summed E-state index contributed by atoms with van der Waals surface area (Å²) in [7, 11) is 1.35. The number of esters is 1. The molecule has 0 aliphatic carbocycles. The van der Waals surface area contributed by atoms with Gasteiger partial charge in [0.1, 0.15) is 6.04 Å². The lowest BCUT2D eigenvalue weighted by molar-refractivity contribution is -0.151. The summed E-state index contributed by atoms with van der Waals surface area (Å²) in [5.74, 6) is -0.863. The minimum absolute atomic E-state index is 0.212. The van der Waals surface area contributed by atoms with Crippen molar-refractivity contribution in [3.63, 3.8) is 0 Å². The van der Waals surface area contributed by atoms with Crippen LogP contribution in [0.2, 0.25) is 0 Å². The van der Waals surface area contributed by atoms with Crippen LogP contribution in [-0.4, -0.2) is 42.5 Å². The largest absolute Gasteiger partial charge is 0.467 e. The highest BCUT2D eigenvalue weighted by molar-refractivity contribution is 5.89. The topological polar surface area (TPSA) is 72.6 Å². The van der Waals surface area contributed by atoms with Gasteiger partial charge in [-0.1, -0.05) is 60.7 Å². The normalized spacial score (nSPS) is 18.0. The van der Waals surface area contributed by atoms with Gasteiger partial charge in [0, 0.05) is 12.5 Å². The highest BCUT2D eigenvalue weighted by atomic mass is 16.5. The molecule has 1 amide bonds. The van der Waals surface area contributed by atoms with Crippen LogP contribution in [0.1, 0.15) is 29.9 Å². The van der Waals surface area contributed by atoms with Crippen LogP contribution < -0.4 is 5.73 Å². The molecule has 1 saturated heterocycles. The van der Waals surface area contributed by atoms with E-state index in [1.165, 1.54) is 7.11 Å². The molecule has 2 aromatic rings. The number of benzene rings is 2. The Morgan fingerprint density at radius 1 is 1.04 bits per heavy atom. The molecule has 0 spiro atoms. The van der Waals surface area contributed by atoms with Crippen molar-refractivity contribution in [2.24, 2.45) is 5.73 Å². The minimum Gasteiger partial charge on any atom is -0.467 e. The molecule has 0 radical (unpaired) electrons. The second kappa shape index (κ2) is 8.15. The first-order chi connectivity index (χ1) is 12.6. The monoisotopic (exact) mass is 352 g/mol. The second-order valence-electron chi connectivity index (χ2n) is 6.54. The Bertz CT molecular complexity index is 709. The van der Waals surface area contributed by atoms with E-state index >= 15 is 0 Å². The lowest BCUT2D eigenvalue weighted by Crippen LogP contribution is -2.51. The van der Waals surface area contributed by atoms with Gasteiger partial charge in [0.05, 0.1) is 13.2 Å². The summed E-state index contributed by atoms with van der Waals surface area (Å²) in [5.41, 5.74) is 8.43. The smallest absolute Gasteiger partial charge is 0.328 e. The van der Waals surface area contributed by atoms with E-state index < -0.39 is 12.1 Å². The molecule has 0 bridgehead atoms. The van der Waals surface area contributed by atoms with Crippen molar-refractivity contribution >= 4 is 11.9 Å². The SMILES string of the molecule is COC(=O)[C@@H]1CCCN1C(=O)[C@H](N)C(c1ccccc1)c1ccccc1. The zero-order valence-electron chi connectivity index (χ0n) is 14.9. The van der Waals surface area contributed by atoms with Crippen molar-refractivity contribution in [2.75, 3.05) is 13.7 Å². The number of nitrogens with two attached hydrogens (primary N) is 1. The average molecular weight is 352 g/mol. The fourth-order valence-corrected chi connectivity index (χ4v) is 3.67. The van der Waals surface area contributed by atoms with E-state index in [1.54, 1.807) is 4.90 Å². The van der Waals surface area contributed by atoms with Crippen molar-refractivity contribution < 1.29 is 14.3 Å². The molecule has 1 aliphatic heterocycles. The van der Waals surface area contributed by atoms with Gasteiger partial charge in [-0.2, -0.15) is 0 Å². The van der Waals surface area contributed by atoms with Crippen LogP contribution in [0.3, 0.4) is 0 Å². The summed E-state index contributed by atoms with van der Waals surface area (Å²) >= 11 is 0. The summed E-state index contributed by atoms with van der Waals surface area (Å²) in [5, 5.41) is 0. The van der Waals surface area contributed by atoms with Gasteiger partial charge in [-0.05, 0) is 24.0 Å². The maximum Gasteiger partial charge on any atom is 0.328 e. The third-order valence-corrected chi connectivity index (χ3v) is 4.97. The Balaban J connectivity index is 1.91. The molecule has 26 heavy (non-hydrogen) atoms. The van der Waals surface area contributed by atoms with Crippen molar-refractivity contribution in [3.05, 3.63) is 71.8 Å². The maximum atomic E-state index is 13.2. The Morgan fingerprint density at radius 2 is 1.58 bits per heavy atom. The molecule has 2 aromatic carbocycles. The Hall–Kier alpha value is -2.66. The highest BCUT2D eigenvalue weighted by Gasteiger charge is 2.39. The molecule has 2 N–H and O–H groups in total. The van der Waals surface area contributed by atoms with Gasteiger partial charge in [0.15, 0.2) is 0 Å². The summed E-state index contributed by atoms with van der Waals surface area (Å²) in [6, 6.07) is 18.2. The summed E-state index contributed by atoms with van der Waals surface area (Å²) in [4.78, 5) is 26.7. The zero-order chi connectivity index (χ0) is 18.5. The molecule has 0 unspecified atom stereocenters. The lowest BCUT2D eigenvalue weighted by atomic mass is 9.84. The van der Waals surface area contributed by atoms with E-state index in [-0.39, 0.29) is 17.8 Å². The number of methoxy groups -OCH3 is 1. The molecule has 3 rings (SSSR count). The van der Waals surface area contributed by atoms with Crippen LogP contribution in [0.4, 0.5) is 0 Å². The predicted octanol–water partition coefficient (Wildman–Crippen LogP) is 2.31. The number of nitrogens with zero attached hydrogens (tertiary/aromatic N) is 1. The van der Waals surface area contributed by atoms with Crippen molar-refractivity contribution in [3.8, 4) is 0 Å². The van der Waals surface area contributed by atoms with Gasteiger partial charge in [0.25, 0.3) is 0 Å². The maximum absolute atomic E-state index is 13.2. The van der Waals surface area contributed by atoms with E-state index in [4.69, 9.17) is 10.5 Å². The molecular formula is C21H24N2O3. The molecule has 0 saturated carbocycles. The highest BCUT2D eigenvalue weighted by Crippen LogP contribution is 2.30. The molecule has 5 nitrogen and oxygen atoms in total. The van der Waals surface area contributed by atoms with E-state index in [2.05, 4.69) is 0 Å². The van der Waals surface area contributed by atoms with E-state index in [0.717, 1.165) is 17.5 Å². The van der Waals surface area contributed by atoms with E-state index in [9.17, 15) is 9.59 Å². The molecule has 1 fully saturated rings. The first kappa shape index (κ1) is 18.1. The fraction of sp³-hybridized carbons (Fsp3) is 0.333. The number of likely N-dealkylation sites (tertiary alicyclic amines) is 1. The molecule has 0 aromatic heterocycles. The third kappa shape index (κ3) is 3.63. The molecule has 2 atom stereocenters. The average Bonchev–Trinajstić information content (AvgIpc) is 3.18. The van der Waals surface area contributed by atoms with Crippen LogP contribution in [0.15, 0.2) is 60.7 Å². The van der Waals surface area contributed by atoms with Crippen molar-refractivity contribution in [1.29, 1.82) is 0 Å². The van der Waals surface area contributed by atoms with E-state index in [1.807, 2.05) is 60.7 Å². The van der Waals surface area contributed by atoms with Crippen molar-refractivity contribution in [2.45, 2.75) is 30.8 Å². The summed E-state index contributed by atoms with van der Waals surface area (Å²) < 4.78 is 4.85. The number of ether oxygens (including phenoxy) is 1. The number of rotatable bonds is 5. The molecule has 1 aliphatic rings. The Labute approximate surface area is 153 Å². The summed E-state index contributed by atoms with van der Waals surface area (Å²) in [6.45, 7) is 0.530. The van der Waals surface area contributed by atoms with Crippen LogP contribution >= 0.6 is 0 Å². The number of hydrogen-bond donors (Lipinski definition) is 1. The van der Waals surface area contributed by atoms with Crippen LogP contribution in [-0.2, 0) is 14.3 Å². The third-order valence-electron chi connectivity index (χ3n) is 4.97. The van der Waals surface area contributed by atoms with E-state index in [0.29, 0.717) is 13.0 Å². The predicted molar refractivity (Wildman–Crippen MR) is 99.5 cm³/mol. The fourth-order valence-electron chi connectivity index (χ4n) is 3.67. The first-order valence-electron chi connectivity index (χ1n) is 8.87. The van der Waals surface area contributed by atoms with Gasteiger partial charge in [0.2, 0.25) is 5.91 Å². The van der Waals surface area contributed by atoms with Gasteiger partial charge in [-0.15, -0.1) is 0 Å². The number of carbonyl (C=O) groups excluding carboxylic acids is 2. The summed E-state index contributed by atoms with van der Waals surface area (Å²) in [6.07, 6.45) is 1.39. The first-order valence-corrected chi connectivity index (χ1v) is 8.87. The second-order valence-corrected chi connectivity index (χ2v) is 6.54. The molecule has 1 heterocycles.